The van der Waals surface area contributed by atoms with Crippen LogP contribution in [0.3, 0.4) is 0 Å². The Kier molecular flexibility index (Phi) is 7.80. The predicted molar refractivity (Wildman–Crippen MR) is 131 cm³/mol. The Morgan fingerprint density at radius 3 is 1.77 bits per heavy atom. The SMILES string of the molecule is CC(C)(C)OC(=O)[C@H](Cc1ccc(CBr)cc1)N=C(c1ccccc1)c1ccccc1. The fourth-order valence-electron chi connectivity index (χ4n) is 3.20. The Labute approximate surface area is 193 Å². The second kappa shape index (κ2) is 10.5. The van der Waals surface area contributed by atoms with Crippen LogP contribution in [0.4, 0.5) is 0 Å². The summed E-state index contributed by atoms with van der Waals surface area (Å²) in [6.45, 7) is 5.64. The van der Waals surface area contributed by atoms with Crippen LogP contribution in [-0.2, 0) is 21.3 Å². The number of carbonyl (C=O) groups excluding carboxylic acids is 1. The fourth-order valence-corrected chi connectivity index (χ4v) is 3.58. The molecular formula is C27H28BrNO2. The Morgan fingerprint density at radius 2 is 1.32 bits per heavy atom. The maximum absolute atomic E-state index is 13.1. The van der Waals surface area contributed by atoms with Gasteiger partial charge in [-0.3, -0.25) is 4.99 Å². The number of esters is 1. The third kappa shape index (κ3) is 6.90. The smallest absolute Gasteiger partial charge is 0.331 e. The fraction of sp³-hybridized carbons (Fsp3) is 0.259. The molecule has 3 aromatic rings. The van der Waals surface area contributed by atoms with Crippen molar-refractivity contribution in [3.05, 3.63) is 107 Å². The van der Waals surface area contributed by atoms with Crippen molar-refractivity contribution in [2.75, 3.05) is 0 Å². The zero-order chi connectivity index (χ0) is 22.3. The van der Waals surface area contributed by atoms with Crippen molar-refractivity contribution in [3.8, 4) is 0 Å². The number of benzene rings is 3. The second-order valence-electron chi connectivity index (χ2n) is 8.41. The van der Waals surface area contributed by atoms with Crippen molar-refractivity contribution < 1.29 is 9.53 Å². The highest BCUT2D eigenvalue weighted by molar-refractivity contribution is 9.08. The van der Waals surface area contributed by atoms with Gasteiger partial charge in [-0.2, -0.15) is 0 Å². The number of halogens is 1. The molecule has 0 aliphatic heterocycles. The molecule has 0 aromatic heterocycles. The summed E-state index contributed by atoms with van der Waals surface area (Å²) in [6, 6.07) is 27.5. The number of alkyl halides is 1. The molecule has 0 unspecified atom stereocenters. The van der Waals surface area contributed by atoms with Crippen LogP contribution in [-0.4, -0.2) is 23.3 Å². The molecule has 0 amide bonds. The topological polar surface area (TPSA) is 38.7 Å². The summed E-state index contributed by atoms with van der Waals surface area (Å²) in [5, 5.41) is 0.799. The number of hydrogen-bond donors (Lipinski definition) is 0. The van der Waals surface area contributed by atoms with Gasteiger partial charge in [0, 0.05) is 22.9 Å². The van der Waals surface area contributed by atoms with Crippen LogP contribution in [0.25, 0.3) is 0 Å². The average Bonchev–Trinajstić information content (AvgIpc) is 2.77. The highest BCUT2D eigenvalue weighted by Crippen LogP contribution is 2.18. The number of carbonyl (C=O) groups is 1. The normalized spacial score (nSPS) is 12.1. The summed E-state index contributed by atoms with van der Waals surface area (Å²) in [6.07, 6.45) is 0.473. The van der Waals surface area contributed by atoms with Crippen LogP contribution in [0.1, 0.15) is 43.0 Å². The van der Waals surface area contributed by atoms with Gasteiger partial charge >= 0.3 is 5.97 Å². The molecule has 1 atom stereocenters. The molecule has 0 N–H and O–H groups in total. The molecule has 31 heavy (non-hydrogen) atoms. The molecule has 0 aliphatic rings. The Hall–Kier alpha value is -2.72. The largest absolute Gasteiger partial charge is 0.458 e. The van der Waals surface area contributed by atoms with Crippen molar-refractivity contribution in [2.24, 2.45) is 4.99 Å². The van der Waals surface area contributed by atoms with E-state index in [2.05, 4.69) is 28.1 Å². The Bertz CT molecular complexity index is 965. The Balaban J connectivity index is 2.03. The first-order valence-corrected chi connectivity index (χ1v) is 11.5. The lowest BCUT2D eigenvalue weighted by Crippen LogP contribution is -2.33. The van der Waals surface area contributed by atoms with E-state index in [1.54, 1.807) is 0 Å². The first-order valence-electron chi connectivity index (χ1n) is 10.4. The second-order valence-corrected chi connectivity index (χ2v) is 8.97. The summed E-state index contributed by atoms with van der Waals surface area (Å²) >= 11 is 3.48. The summed E-state index contributed by atoms with van der Waals surface area (Å²) in [5.74, 6) is -0.318. The first-order chi connectivity index (χ1) is 14.9. The quantitative estimate of drug-likeness (QED) is 0.225. The average molecular weight is 478 g/mol. The molecule has 3 aromatic carbocycles. The van der Waals surface area contributed by atoms with Crippen molar-refractivity contribution >= 4 is 27.6 Å². The molecule has 160 valence electrons. The first kappa shape index (κ1) is 23.0. The van der Waals surface area contributed by atoms with E-state index in [9.17, 15) is 4.79 Å². The minimum atomic E-state index is -0.649. The lowest BCUT2D eigenvalue weighted by molar-refractivity contribution is -0.156. The van der Waals surface area contributed by atoms with E-state index < -0.39 is 11.6 Å². The van der Waals surface area contributed by atoms with Gasteiger partial charge in [-0.15, -0.1) is 0 Å². The van der Waals surface area contributed by atoms with E-state index in [4.69, 9.17) is 9.73 Å². The maximum Gasteiger partial charge on any atom is 0.331 e. The zero-order valence-electron chi connectivity index (χ0n) is 18.2. The van der Waals surface area contributed by atoms with Gasteiger partial charge in [0.05, 0.1) is 5.71 Å². The highest BCUT2D eigenvalue weighted by atomic mass is 79.9. The molecule has 0 radical (unpaired) electrons. The molecule has 0 fully saturated rings. The molecule has 3 rings (SSSR count). The monoisotopic (exact) mass is 477 g/mol. The van der Waals surface area contributed by atoms with Crippen LogP contribution in [0.2, 0.25) is 0 Å². The minimum Gasteiger partial charge on any atom is -0.458 e. The molecule has 3 nitrogen and oxygen atoms in total. The van der Waals surface area contributed by atoms with E-state index >= 15 is 0 Å². The Morgan fingerprint density at radius 1 is 0.839 bits per heavy atom. The summed E-state index contributed by atoms with van der Waals surface area (Å²) in [7, 11) is 0. The van der Waals surface area contributed by atoms with Crippen molar-refractivity contribution in [2.45, 2.75) is 44.2 Å². The van der Waals surface area contributed by atoms with E-state index in [-0.39, 0.29) is 5.97 Å². The van der Waals surface area contributed by atoms with Gasteiger partial charge in [0.2, 0.25) is 0 Å². The van der Waals surface area contributed by atoms with Gasteiger partial charge in [0.15, 0.2) is 6.04 Å². The van der Waals surface area contributed by atoms with E-state index in [1.165, 1.54) is 5.56 Å². The number of aliphatic imine (C=N–C) groups is 1. The molecule has 0 saturated heterocycles. The maximum atomic E-state index is 13.1. The number of ether oxygens (including phenoxy) is 1. The lowest BCUT2D eigenvalue weighted by atomic mass is 10.00. The minimum absolute atomic E-state index is 0.318. The van der Waals surface area contributed by atoms with Crippen molar-refractivity contribution in [1.29, 1.82) is 0 Å². The molecule has 4 heteroatoms. The highest BCUT2D eigenvalue weighted by Gasteiger charge is 2.26. The van der Waals surface area contributed by atoms with Gasteiger partial charge in [-0.05, 0) is 31.9 Å². The van der Waals surface area contributed by atoms with E-state index in [0.717, 1.165) is 27.7 Å². The summed E-state index contributed by atoms with van der Waals surface area (Å²) in [4.78, 5) is 18.1. The summed E-state index contributed by atoms with van der Waals surface area (Å²) < 4.78 is 5.74. The number of hydrogen-bond acceptors (Lipinski definition) is 3. The lowest BCUT2D eigenvalue weighted by Gasteiger charge is -2.23. The van der Waals surface area contributed by atoms with E-state index in [1.807, 2.05) is 93.6 Å². The molecule has 0 aliphatic carbocycles. The zero-order valence-corrected chi connectivity index (χ0v) is 19.8. The van der Waals surface area contributed by atoms with Crippen LogP contribution in [0.5, 0.6) is 0 Å². The van der Waals surface area contributed by atoms with Gasteiger partial charge in [0.25, 0.3) is 0 Å². The molecule has 0 heterocycles. The third-order valence-electron chi connectivity index (χ3n) is 4.66. The van der Waals surface area contributed by atoms with Crippen LogP contribution in [0, 0.1) is 0 Å². The van der Waals surface area contributed by atoms with Gasteiger partial charge < -0.3 is 4.74 Å². The van der Waals surface area contributed by atoms with Crippen molar-refractivity contribution in [3.63, 3.8) is 0 Å². The van der Waals surface area contributed by atoms with E-state index in [0.29, 0.717) is 6.42 Å². The number of nitrogens with zero attached hydrogens (tertiary/aromatic N) is 1. The van der Waals surface area contributed by atoms with Crippen LogP contribution in [0.15, 0.2) is 89.9 Å². The summed E-state index contributed by atoms with van der Waals surface area (Å²) in [5.41, 5.74) is 4.38. The van der Waals surface area contributed by atoms with Crippen molar-refractivity contribution in [1.82, 2.24) is 0 Å². The molecule has 0 spiro atoms. The predicted octanol–water partition coefficient (Wildman–Crippen LogP) is 6.37. The standard InChI is InChI=1S/C27H28BrNO2/c1-27(2,3)31-26(30)24(18-20-14-16-21(19-28)17-15-20)29-25(22-10-6-4-7-11-22)23-12-8-5-9-13-23/h4-17,24H,18-19H2,1-3H3/t24-/m0/s1. The van der Waals surface area contributed by atoms with Gasteiger partial charge in [-0.25, -0.2) is 4.79 Å². The van der Waals surface area contributed by atoms with Crippen LogP contribution < -0.4 is 0 Å². The van der Waals surface area contributed by atoms with Gasteiger partial charge in [-0.1, -0.05) is 101 Å². The molecule has 0 bridgehead atoms. The van der Waals surface area contributed by atoms with Crippen LogP contribution >= 0.6 is 15.9 Å². The molecular weight excluding hydrogens is 450 g/mol. The van der Waals surface area contributed by atoms with Gasteiger partial charge in [0.1, 0.15) is 5.60 Å². The molecule has 0 saturated carbocycles. The number of rotatable bonds is 7. The third-order valence-corrected chi connectivity index (χ3v) is 5.31.